The van der Waals surface area contributed by atoms with Gasteiger partial charge in [0.25, 0.3) is 0 Å². The molecule has 0 aliphatic carbocycles. The van der Waals surface area contributed by atoms with E-state index in [1.165, 1.54) is 0 Å². The predicted molar refractivity (Wildman–Crippen MR) is 75.4 cm³/mol. The standard InChI is InChI=1S/C14H17ClN2O2/c1-4-11-13(18)16-9(3)14(19)17(11)12-7-10(15)6-5-8(12)2/h5-7,9,11H,4H2,1-3H3,(H,16,18). The molecule has 1 aromatic rings. The van der Waals surface area contributed by atoms with Gasteiger partial charge in [0.2, 0.25) is 11.8 Å². The van der Waals surface area contributed by atoms with E-state index in [-0.39, 0.29) is 11.8 Å². The van der Waals surface area contributed by atoms with E-state index < -0.39 is 12.1 Å². The third kappa shape index (κ3) is 2.45. The van der Waals surface area contributed by atoms with Crippen LogP contribution in [-0.4, -0.2) is 23.9 Å². The molecule has 2 amide bonds. The number of halogens is 1. The van der Waals surface area contributed by atoms with Crippen molar-refractivity contribution in [2.75, 3.05) is 4.90 Å². The molecule has 1 saturated heterocycles. The largest absolute Gasteiger partial charge is 0.343 e. The first kappa shape index (κ1) is 13.9. The molecule has 5 heteroatoms. The lowest BCUT2D eigenvalue weighted by Gasteiger charge is -2.38. The Morgan fingerprint density at radius 3 is 2.68 bits per heavy atom. The minimum Gasteiger partial charge on any atom is -0.343 e. The van der Waals surface area contributed by atoms with Crippen LogP contribution in [0.25, 0.3) is 0 Å². The topological polar surface area (TPSA) is 49.4 Å². The monoisotopic (exact) mass is 280 g/mol. The van der Waals surface area contributed by atoms with E-state index >= 15 is 0 Å². The second kappa shape index (κ2) is 5.21. The van der Waals surface area contributed by atoms with Crippen molar-refractivity contribution in [1.82, 2.24) is 5.32 Å². The average Bonchev–Trinajstić information content (AvgIpc) is 2.36. The van der Waals surface area contributed by atoms with Crippen LogP contribution in [0.5, 0.6) is 0 Å². The first-order valence-corrected chi connectivity index (χ1v) is 6.73. The smallest absolute Gasteiger partial charge is 0.250 e. The van der Waals surface area contributed by atoms with Crippen LogP contribution in [0.15, 0.2) is 18.2 Å². The molecule has 1 aliphatic heterocycles. The van der Waals surface area contributed by atoms with Gasteiger partial charge >= 0.3 is 0 Å². The Morgan fingerprint density at radius 2 is 2.05 bits per heavy atom. The van der Waals surface area contributed by atoms with Crippen LogP contribution in [0.1, 0.15) is 25.8 Å². The Labute approximate surface area is 117 Å². The lowest BCUT2D eigenvalue weighted by atomic mass is 10.0. The highest BCUT2D eigenvalue weighted by molar-refractivity contribution is 6.31. The second-order valence-corrected chi connectivity index (χ2v) is 5.23. The summed E-state index contributed by atoms with van der Waals surface area (Å²) < 4.78 is 0. The van der Waals surface area contributed by atoms with E-state index in [9.17, 15) is 9.59 Å². The minimum atomic E-state index is -0.506. The molecule has 4 nitrogen and oxygen atoms in total. The number of benzene rings is 1. The molecule has 0 radical (unpaired) electrons. The predicted octanol–water partition coefficient (Wildman–Crippen LogP) is 2.28. The number of nitrogens with one attached hydrogen (secondary N) is 1. The van der Waals surface area contributed by atoms with Crippen molar-refractivity contribution in [3.05, 3.63) is 28.8 Å². The normalized spacial score (nSPS) is 23.5. The van der Waals surface area contributed by atoms with Crippen LogP contribution in [0.3, 0.4) is 0 Å². The number of anilines is 1. The molecule has 2 rings (SSSR count). The lowest BCUT2D eigenvalue weighted by molar-refractivity contribution is -0.133. The number of nitrogens with zero attached hydrogens (tertiary/aromatic N) is 1. The second-order valence-electron chi connectivity index (χ2n) is 4.79. The summed E-state index contributed by atoms with van der Waals surface area (Å²) in [4.78, 5) is 26.0. The van der Waals surface area contributed by atoms with Crippen molar-refractivity contribution in [3.8, 4) is 0 Å². The molecule has 1 aromatic carbocycles. The fraction of sp³-hybridized carbons (Fsp3) is 0.429. The van der Waals surface area contributed by atoms with E-state index in [1.54, 1.807) is 24.0 Å². The van der Waals surface area contributed by atoms with E-state index in [0.29, 0.717) is 17.1 Å². The first-order valence-electron chi connectivity index (χ1n) is 6.35. The lowest BCUT2D eigenvalue weighted by Crippen LogP contribution is -2.62. The number of hydrogen-bond donors (Lipinski definition) is 1. The Hall–Kier alpha value is -1.55. The molecule has 1 aliphatic rings. The van der Waals surface area contributed by atoms with Gasteiger partial charge in [-0.3, -0.25) is 14.5 Å². The number of carbonyl (C=O) groups excluding carboxylic acids is 2. The summed E-state index contributed by atoms with van der Waals surface area (Å²) in [6, 6.07) is 4.39. The molecule has 1 N–H and O–H groups in total. The third-order valence-electron chi connectivity index (χ3n) is 3.40. The highest BCUT2D eigenvalue weighted by Gasteiger charge is 2.38. The molecule has 19 heavy (non-hydrogen) atoms. The van der Waals surface area contributed by atoms with Crippen LogP contribution < -0.4 is 10.2 Å². The number of hydrogen-bond acceptors (Lipinski definition) is 2. The summed E-state index contributed by atoms with van der Waals surface area (Å²) in [6.07, 6.45) is 0.566. The Balaban J connectivity index is 2.51. The van der Waals surface area contributed by atoms with Gasteiger partial charge < -0.3 is 5.32 Å². The van der Waals surface area contributed by atoms with Gasteiger partial charge in [-0.05, 0) is 38.0 Å². The summed E-state index contributed by atoms with van der Waals surface area (Å²) >= 11 is 6.01. The first-order chi connectivity index (χ1) is 8.95. The summed E-state index contributed by atoms with van der Waals surface area (Å²) in [7, 11) is 0. The molecule has 0 spiro atoms. The molecule has 102 valence electrons. The molecular weight excluding hydrogens is 264 g/mol. The highest BCUT2D eigenvalue weighted by atomic mass is 35.5. The third-order valence-corrected chi connectivity index (χ3v) is 3.63. The zero-order valence-corrected chi connectivity index (χ0v) is 12.0. The zero-order chi connectivity index (χ0) is 14.2. The highest BCUT2D eigenvalue weighted by Crippen LogP contribution is 2.29. The number of carbonyl (C=O) groups is 2. The zero-order valence-electron chi connectivity index (χ0n) is 11.2. The summed E-state index contributed by atoms with van der Waals surface area (Å²) in [6.45, 7) is 5.49. The Bertz CT molecular complexity index is 530. The number of rotatable bonds is 2. The molecule has 1 fully saturated rings. The van der Waals surface area contributed by atoms with Crippen LogP contribution in [-0.2, 0) is 9.59 Å². The van der Waals surface area contributed by atoms with Crippen molar-refractivity contribution >= 4 is 29.1 Å². The van der Waals surface area contributed by atoms with Gasteiger partial charge in [0.15, 0.2) is 0 Å². The van der Waals surface area contributed by atoms with E-state index in [4.69, 9.17) is 11.6 Å². The number of piperazine rings is 1. The summed E-state index contributed by atoms with van der Waals surface area (Å²) in [5.41, 5.74) is 1.64. The molecule has 0 saturated carbocycles. The molecule has 2 atom stereocenters. The van der Waals surface area contributed by atoms with Gasteiger partial charge in [0.1, 0.15) is 12.1 Å². The fourth-order valence-corrected chi connectivity index (χ4v) is 2.51. The van der Waals surface area contributed by atoms with E-state index in [1.807, 2.05) is 19.9 Å². The van der Waals surface area contributed by atoms with Crippen LogP contribution in [0.2, 0.25) is 5.02 Å². The maximum absolute atomic E-state index is 12.4. The number of amides is 2. The summed E-state index contributed by atoms with van der Waals surface area (Å²) in [5.74, 6) is -0.217. The maximum atomic E-state index is 12.4. The van der Waals surface area contributed by atoms with E-state index in [2.05, 4.69) is 5.32 Å². The van der Waals surface area contributed by atoms with Crippen molar-refractivity contribution < 1.29 is 9.59 Å². The van der Waals surface area contributed by atoms with Crippen molar-refractivity contribution in [1.29, 1.82) is 0 Å². The van der Waals surface area contributed by atoms with Crippen LogP contribution in [0.4, 0.5) is 5.69 Å². The molecule has 1 heterocycles. The van der Waals surface area contributed by atoms with Gasteiger partial charge in [-0.15, -0.1) is 0 Å². The van der Waals surface area contributed by atoms with Crippen molar-refractivity contribution in [2.24, 2.45) is 0 Å². The molecular formula is C14H17ClN2O2. The molecule has 0 bridgehead atoms. The maximum Gasteiger partial charge on any atom is 0.250 e. The van der Waals surface area contributed by atoms with E-state index in [0.717, 1.165) is 5.56 Å². The average molecular weight is 281 g/mol. The molecule has 2 unspecified atom stereocenters. The van der Waals surface area contributed by atoms with Crippen LogP contribution >= 0.6 is 11.6 Å². The minimum absolute atomic E-state index is 0.100. The van der Waals surface area contributed by atoms with Gasteiger partial charge in [-0.25, -0.2) is 0 Å². The Kier molecular flexibility index (Phi) is 3.80. The van der Waals surface area contributed by atoms with Gasteiger partial charge in [0.05, 0.1) is 0 Å². The summed E-state index contributed by atoms with van der Waals surface area (Å²) in [5, 5.41) is 3.26. The quantitative estimate of drug-likeness (QED) is 0.903. The van der Waals surface area contributed by atoms with Gasteiger partial charge in [0, 0.05) is 10.7 Å². The Morgan fingerprint density at radius 1 is 1.37 bits per heavy atom. The number of aryl methyl sites for hydroxylation is 1. The SMILES string of the molecule is CCC1C(=O)NC(C)C(=O)N1c1cc(Cl)ccc1C. The molecule has 0 aromatic heterocycles. The van der Waals surface area contributed by atoms with Gasteiger partial charge in [-0.1, -0.05) is 24.6 Å². The van der Waals surface area contributed by atoms with Gasteiger partial charge in [-0.2, -0.15) is 0 Å². The van der Waals surface area contributed by atoms with Crippen molar-refractivity contribution in [2.45, 2.75) is 39.3 Å². The van der Waals surface area contributed by atoms with Crippen molar-refractivity contribution in [3.63, 3.8) is 0 Å². The fourth-order valence-electron chi connectivity index (χ4n) is 2.35. The van der Waals surface area contributed by atoms with Crippen LogP contribution in [0, 0.1) is 6.92 Å².